The molecule has 1 N–H and O–H groups in total. The van der Waals surface area contributed by atoms with Gasteiger partial charge in [-0.25, -0.2) is 4.79 Å². The zero-order valence-electron chi connectivity index (χ0n) is 8.75. The molecule has 0 bridgehead atoms. The van der Waals surface area contributed by atoms with Gasteiger partial charge in [-0.2, -0.15) is 0 Å². The summed E-state index contributed by atoms with van der Waals surface area (Å²) in [7, 11) is 0. The predicted octanol–water partition coefficient (Wildman–Crippen LogP) is 1.50. The van der Waals surface area contributed by atoms with Gasteiger partial charge in [0.1, 0.15) is 5.38 Å². The number of halogens is 1. The van der Waals surface area contributed by atoms with E-state index in [1.807, 2.05) is 0 Å². The minimum Gasteiger partial charge on any atom is -0.324 e. The van der Waals surface area contributed by atoms with E-state index in [1.54, 1.807) is 4.90 Å². The normalized spacial score (nSPS) is 18.5. The first-order valence-electron chi connectivity index (χ1n) is 4.91. The Morgan fingerprint density at radius 1 is 1.47 bits per heavy atom. The number of hydrogen-bond donors (Lipinski definition) is 1. The number of alkyl halides is 1. The third-order valence-electron chi connectivity index (χ3n) is 2.35. The number of urea groups is 1. The molecule has 0 aromatic heterocycles. The van der Waals surface area contributed by atoms with Crippen LogP contribution in [0.15, 0.2) is 12.2 Å². The second-order valence-electron chi connectivity index (χ2n) is 3.65. The molecule has 5 heteroatoms. The first-order valence-corrected chi connectivity index (χ1v) is 5.35. The Balaban J connectivity index is 2.41. The molecule has 0 aliphatic carbocycles. The standard InChI is InChI=1S/C10H15ClN2O2/c1-7-3-5-13(6-4-7)10(15)12-9(14)8(2)11/h8H,1,3-6H2,2H3,(H,12,14,15). The van der Waals surface area contributed by atoms with Gasteiger partial charge >= 0.3 is 6.03 Å². The van der Waals surface area contributed by atoms with Crippen molar-refractivity contribution in [1.82, 2.24) is 10.2 Å². The summed E-state index contributed by atoms with van der Waals surface area (Å²) >= 11 is 5.54. The summed E-state index contributed by atoms with van der Waals surface area (Å²) < 4.78 is 0. The van der Waals surface area contributed by atoms with Crippen LogP contribution in [0.5, 0.6) is 0 Å². The van der Waals surface area contributed by atoms with Crippen LogP contribution in [0.2, 0.25) is 0 Å². The summed E-state index contributed by atoms with van der Waals surface area (Å²) in [5, 5.41) is 1.56. The van der Waals surface area contributed by atoms with Crippen LogP contribution in [-0.2, 0) is 4.79 Å². The Bertz CT molecular complexity index is 279. The molecule has 0 radical (unpaired) electrons. The summed E-state index contributed by atoms with van der Waals surface area (Å²) in [6, 6.07) is -0.361. The van der Waals surface area contributed by atoms with E-state index in [4.69, 9.17) is 11.6 Å². The van der Waals surface area contributed by atoms with Gasteiger partial charge in [-0.3, -0.25) is 10.1 Å². The summed E-state index contributed by atoms with van der Waals surface area (Å²) in [6.07, 6.45) is 1.61. The zero-order chi connectivity index (χ0) is 11.4. The Hall–Kier alpha value is -1.03. The van der Waals surface area contributed by atoms with Crippen molar-refractivity contribution in [3.05, 3.63) is 12.2 Å². The number of carbonyl (C=O) groups is 2. The molecule has 1 rings (SSSR count). The molecule has 1 unspecified atom stereocenters. The number of amides is 3. The predicted molar refractivity (Wildman–Crippen MR) is 58.8 cm³/mol. The SMILES string of the molecule is C=C1CCN(C(=O)NC(=O)C(C)Cl)CC1. The molecule has 3 amide bonds. The number of carbonyl (C=O) groups excluding carboxylic acids is 2. The fourth-order valence-electron chi connectivity index (χ4n) is 1.31. The highest BCUT2D eigenvalue weighted by Gasteiger charge is 2.21. The number of likely N-dealkylation sites (tertiary alicyclic amines) is 1. The second-order valence-corrected chi connectivity index (χ2v) is 4.30. The van der Waals surface area contributed by atoms with Crippen LogP contribution in [0, 0.1) is 0 Å². The van der Waals surface area contributed by atoms with Crippen LogP contribution in [-0.4, -0.2) is 35.3 Å². The van der Waals surface area contributed by atoms with Crippen LogP contribution in [0.3, 0.4) is 0 Å². The lowest BCUT2D eigenvalue weighted by atomic mass is 10.1. The molecule has 0 saturated carbocycles. The van der Waals surface area contributed by atoms with Crippen LogP contribution in [0.1, 0.15) is 19.8 Å². The van der Waals surface area contributed by atoms with Crippen LogP contribution >= 0.6 is 11.6 Å². The molecule has 84 valence electrons. The molecule has 1 heterocycles. The highest BCUT2D eigenvalue weighted by Crippen LogP contribution is 2.13. The van der Waals surface area contributed by atoms with E-state index in [1.165, 1.54) is 6.92 Å². The number of nitrogens with zero attached hydrogens (tertiary/aromatic N) is 1. The Morgan fingerprint density at radius 2 is 2.00 bits per heavy atom. The van der Waals surface area contributed by atoms with E-state index in [-0.39, 0.29) is 6.03 Å². The quantitative estimate of drug-likeness (QED) is 0.548. The fourth-order valence-corrected chi connectivity index (χ4v) is 1.36. The molecular formula is C10H15ClN2O2. The van der Waals surface area contributed by atoms with Gasteiger partial charge in [-0.15, -0.1) is 11.6 Å². The number of hydrogen-bond acceptors (Lipinski definition) is 2. The topological polar surface area (TPSA) is 49.4 Å². The number of piperidine rings is 1. The minimum absolute atomic E-state index is 0.361. The Morgan fingerprint density at radius 3 is 2.47 bits per heavy atom. The lowest BCUT2D eigenvalue weighted by molar-refractivity contribution is -0.119. The third-order valence-corrected chi connectivity index (χ3v) is 2.55. The molecule has 4 nitrogen and oxygen atoms in total. The molecule has 1 atom stereocenters. The van der Waals surface area contributed by atoms with Gasteiger partial charge in [0.2, 0.25) is 5.91 Å². The smallest absolute Gasteiger partial charge is 0.324 e. The van der Waals surface area contributed by atoms with Gasteiger partial charge in [0.05, 0.1) is 0 Å². The highest BCUT2D eigenvalue weighted by atomic mass is 35.5. The molecular weight excluding hydrogens is 216 g/mol. The van der Waals surface area contributed by atoms with Crippen molar-refractivity contribution in [1.29, 1.82) is 0 Å². The van der Waals surface area contributed by atoms with Crippen LogP contribution in [0.25, 0.3) is 0 Å². The first-order chi connectivity index (χ1) is 7.00. The van der Waals surface area contributed by atoms with Gasteiger partial charge < -0.3 is 4.90 Å². The van der Waals surface area contributed by atoms with Gasteiger partial charge in [0, 0.05) is 13.1 Å². The Labute approximate surface area is 94.3 Å². The molecule has 0 spiro atoms. The zero-order valence-corrected chi connectivity index (χ0v) is 9.51. The maximum atomic E-state index is 11.5. The average molecular weight is 231 g/mol. The van der Waals surface area contributed by atoms with Crippen molar-refractivity contribution in [2.24, 2.45) is 0 Å². The van der Waals surface area contributed by atoms with Gasteiger partial charge in [0.15, 0.2) is 0 Å². The third kappa shape index (κ3) is 3.55. The minimum atomic E-state index is -0.686. The summed E-state index contributed by atoms with van der Waals surface area (Å²) in [5.41, 5.74) is 1.15. The fraction of sp³-hybridized carbons (Fsp3) is 0.600. The van der Waals surface area contributed by atoms with Gasteiger partial charge in [-0.05, 0) is 19.8 Å². The molecule has 0 aromatic carbocycles. The van der Waals surface area contributed by atoms with Crippen molar-refractivity contribution >= 4 is 23.5 Å². The molecule has 1 aliphatic rings. The average Bonchev–Trinajstić information content (AvgIpc) is 2.18. The van der Waals surface area contributed by atoms with E-state index in [0.29, 0.717) is 13.1 Å². The lowest BCUT2D eigenvalue weighted by Gasteiger charge is -2.27. The molecule has 1 saturated heterocycles. The second kappa shape index (κ2) is 5.16. The number of rotatable bonds is 1. The van der Waals surface area contributed by atoms with Crippen molar-refractivity contribution in [2.45, 2.75) is 25.1 Å². The largest absolute Gasteiger partial charge is 0.324 e. The maximum Gasteiger partial charge on any atom is 0.324 e. The number of nitrogens with one attached hydrogen (secondary N) is 1. The van der Waals surface area contributed by atoms with Gasteiger partial charge in [0.25, 0.3) is 0 Å². The summed E-state index contributed by atoms with van der Waals surface area (Å²) in [6.45, 7) is 6.62. The monoisotopic (exact) mass is 230 g/mol. The van der Waals surface area contributed by atoms with Crippen molar-refractivity contribution in [3.63, 3.8) is 0 Å². The molecule has 1 aliphatic heterocycles. The van der Waals surface area contributed by atoms with E-state index >= 15 is 0 Å². The molecule has 0 aromatic rings. The van der Waals surface area contributed by atoms with E-state index < -0.39 is 11.3 Å². The van der Waals surface area contributed by atoms with Gasteiger partial charge in [-0.1, -0.05) is 12.2 Å². The van der Waals surface area contributed by atoms with Crippen molar-refractivity contribution < 1.29 is 9.59 Å². The summed E-state index contributed by atoms with van der Waals surface area (Å²) in [4.78, 5) is 24.3. The number of imide groups is 1. The van der Waals surface area contributed by atoms with Crippen molar-refractivity contribution in [2.75, 3.05) is 13.1 Å². The van der Waals surface area contributed by atoms with Crippen LogP contribution in [0.4, 0.5) is 4.79 Å². The maximum absolute atomic E-state index is 11.5. The first kappa shape index (κ1) is 12.0. The lowest BCUT2D eigenvalue weighted by Crippen LogP contribution is -2.47. The Kier molecular flexibility index (Phi) is 4.15. The highest BCUT2D eigenvalue weighted by molar-refractivity contribution is 6.31. The summed E-state index contributed by atoms with van der Waals surface area (Å²) in [5.74, 6) is -0.453. The van der Waals surface area contributed by atoms with E-state index in [0.717, 1.165) is 18.4 Å². The van der Waals surface area contributed by atoms with E-state index in [2.05, 4.69) is 11.9 Å². The van der Waals surface area contributed by atoms with Crippen molar-refractivity contribution in [3.8, 4) is 0 Å². The van der Waals surface area contributed by atoms with E-state index in [9.17, 15) is 9.59 Å². The van der Waals surface area contributed by atoms with Crippen LogP contribution < -0.4 is 5.32 Å². The molecule has 15 heavy (non-hydrogen) atoms. The molecule has 1 fully saturated rings.